The fraction of sp³-hybridized carbons (Fsp3) is 0. The van der Waals surface area contributed by atoms with Crippen LogP contribution in [0.2, 0.25) is 0 Å². The largest absolute Gasteiger partial charge is 0.289 e. The zero-order valence-electron chi connectivity index (χ0n) is 8.10. The molecule has 2 aliphatic heterocycles. The molecule has 86 valence electrons. The Morgan fingerprint density at radius 2 is 0.812 bits per heavy atom. The average Bonchev–Trinajstić information content (AvgIpc) is 2.80. The van der Waals surface area contributed by atoms with Gasteiger partial charge in [-0.05, 0) is 0 Å². The van der Waals surface area contributed by atoms with Crippen LogP contribution in [-0.4, -0.2) is 23.6 Å². The van der Waals surface area contributed by atoms with E-state index in [1.807, 2.05) is 10.6 Å². The van der Waals surface area contributed by atoms with Crippen molar-refractivity contribution in [2.24, 2.45) is 11.7 Å². The van der Waals surface area contributed by atoms with Crippen molar-refractivity contribution in [2.45, 2.75) is 0 Å². The van der Waals surface area contributed by atoms with Crippen molar-refractivity contribution in [1.29, 1.82) is 0 Å². The van der Waals surface area contributed by atoms with Gasteiger partial charge >= 0.3 is 0 Å². The third kappa shape index (κ3) is 5.42. The van der Waals surface area contributed by atoms with Crippen molar-refractivity contribution >= 4 is 23.6 Å². The number of nitrogens with one attached hydrogen (secondary N) is 2. The lowest BCUT2D eigenvalue weighted by molar-refractivity contribution is -0.125. The van der Waals surface area contributed by atoms with Gasteiger partial charge in [0.1, 0.15) is 0 Å². The Morgan fingerprint density at radius 3 is 0.875 bits per heavy atom. The summed E-state index contributed by atoms with van der Waals surface area (Å²) in [6, 6.07) is 0. The lowest BCUT2D eigenvalue weighted by atomic mass is 10.6. The van der Waals surface area contributed by atoms with E-state index in [1.165, 1.54) is 24.3 Å². The first-order valence-electron chi connectivity index (χ1n) is 3.97. The summed E-state index contributed by atoms with van der Waals surface area (Å²) in [6.45, 7) is 0. The molecule has 6 N–H and O–H groups in total. The predicted molar refractivity (Wildman–Crippen MR) is 53.0 cm³/mol. The summed E-state index contributed by atoms with van der Waals surface area (Å²) < 4.78 is 0. The summed E-state index contributed by atoms with van der Waals surface area (Å²) in [6.07, 6.45) is 4.79. The van der Waals surface area contributed by atoms with Gasteiger partial charge in [0.05, 0.1) is 0 Å². The molecule has 0 radical (unpaired) electrons. The molecule has 0 saturated heterocycles. The first kappa shape index (κ1) is 13.7. The van der Waals surface area contributed by atoms with E-state index in [4.69, 9.17) is 0 Å². The van der Waals surface area contributed by atoms with Crippen molar-refractivity contribution in [2.75, 3.05) is 0 Å². The third-order valence-electron chi connectivity index (χ3n) is 1.26. The summed E-state index contributed by atoms with van der Waals surface area (Å²) in [7, 11) is 0. The van der Waals surface area contributed by atoms with E-state index < -0.39 is 0 Å². The van der Waals surface area contributed by atoms with Crippen LogP contribution in [0.3, 0.4) is 0 Å². The van der Waals surface area contributed by atoms with E-state index in [1.54, 1.807) is 0 Å². The van der Waals surface area contributed by atoms with Crippen molar-refractivity contribution in [3.8, 4) is 0 Å². The number of nitrogens with two attached hydrogens (primary N) is 2. The standard InChI is InChI=1S/2C4H3NO2.H4N2/c2*6-3-1-2-4(7)5-3;1-2/h2*1-2H,(H,5,6,7);1-2H2. The third-order valence-corrected chi connectivity index (χ3v) is 1.26. The molecule has 0 fully saturated rings. The Hall–Kier alpha value is -2.32. The van der Waals surface area contributed by atoms with Crippen LogP contribution in [0.15, 0.2) is 24.3 Å². The Balaban J connectivity index is 0.000000244. The number of carbonyl (C=O) groups excluding carboxylic acids is 4. The van der Waals surface area contributed by atoms with Crippen molar-refractivity contribution in [3.63, 3.8) is 0 Å². The molecule has 0 atom stereocenters. The molecule has 8 nitrogen and oxygen atoms in total. The van der Waals surface area contributed by atoms with Crippen molar-refractivity contribution < 1.29 is 19.2 Å². The summed E-state index contributed by atoms with van der Waals surface area (Å²) in [4.78, 5) is 40.1. The normalized spacial score (nSPS) is 15.9. The summed E-state index contributed by atoms with van der Waals surface area (Å²) in [5.74, 6) is 6.69. The molecule has 0 spiro atoms. The lowest BCUT2D eigenvalue weighted by Crippen LogP contribution is -2.19. The number of hydrogen-bond acceptors (Lipinski definition) is 6. The van der Waals surface area contributed by atoms with Crippen LogP contribution in [-0.2, 0) is 19.2 Å². The van der Waals surface area contributed by atoms with Crippen LogP contribution in [0.1, 0.15) is 0 Å². The molecule has 8 heteroatoms. The van der Waals surface area contributed by atoms with Crippen LogP contribution < -0.4 is 22.3 Å². The molecule has 0 bridgehead atoms. The van der Waals surface area contributed by atoms with Crippen LogP contribution in [0.5, 0.6) is 0 Å². The molecule has 2 rings (SSSR count). The minimum absolute atomic E-state index is 0.329. The van der Waals surface area contributed by atoms with Crippen molar-refractivity contribution in [3.05, 3.63) is 24.3 Å². The van der Waals surface area contributed by atoms with Gasteiger partial charge in [-0.3, -0.25) is 41.5 Å². The highest BCUT2D eigenvalue weighted by atomic mass is 16.2. The highest BCUT2D eigenvalue weighted by molar-refractivity contribution is 6.13. The number of hydrogen-bond donors (Lipinski definition) is 4. The minimum atomic E-state index is -0.329. The Labute approximate surface area is 90.3 Å². The number of amides is 4. The van der Waals surface area contributed by atoms with Crippen LogP contribution in [0.25, 0.3) is 0 Å². The molecule has 0 unspecified atom stereocenters. The molecule has 16 heavy (non-hydrogen) atoms. The zero-order valence-corrected chi connectivity index (χ0v) is 8.10. The van der Waals surface area contributed by atoms with Crippen LogP contribution in [0, 0.1) is 0 Å². The highest BCUT2D eigenvalue weighted by Crippen LogP contribution is 1.83. The molecule has 0 saturated carbocycles. The van der Waals surface area contributed by atoms with E-state index in [0.29, 0.717) is 0 Å². The van der Waals surface area contributed by atoms with Gasteiger partial charge in [-0.1, -0.05) is 0 Å². The molecular formula is C8H10N4O4. The van der Waals surface area contributed by atoms with E-state index in [2.05, 4.69) is 11.7 Å². The van der Waals surface area contributed by atoms with Gasteiger partial charge in [-0.25, -0.2) is 0 Å². The Morgan fingerprint density at radius 1 is 0.625 bits per heavy atom. The molecular weight excluding hydrogens is 216 g/mol. The maximum absolute atomic E-state index is 10.0. The molecule has 0 aromatic carbocycles. The number of hydrazine groups is 1. The maximum Gasteiger partial charge on any atom is 0.250 e. The quantitative estimate of drug-likeness (QED) is 0.200. The van der Waals surface area contributed by atoms with E-state index in [0.717, 1.165) is 0 Å². The molecule has 2 aliphatic rings. The second kappa shape index (κ2) is 7.04. The zero-order chi connectivity index (χ0) is 12.6. The van der Waals surface area contributed by atoms with Gasteiger partial charge in [-0.2, -0.15) is 0 Å². The molecule has 0 aromatic heterocycles. The van der Waals surface area contributed by atoms with Gasteiger partial charge < -0.3 is 0 Å². The molecule has 0 aliphatic carbocycles. The van der Waals surface area contributed by atoms with Crippen LogP contribution in [0.4, 0.5) is 0 Å². The van der Waals surface area contributed by atoms with Gasteiger partial charge in [0, 0.05) is 24.3 Å². The fourth-order valence-electron chi connectivity index (χ4n) is 0.712. The summed E-state index contributed by atoms with van der Waals surface area (Å²) >= 11 is 0. The SMILES string of the molecule is NN.O=C1C=CC(=O)N1.O=C1C=CC(=O)N1. The number of imide groups is 2. The van der Waals surface area contributed by atoms with Gasteiger partial charge in [0.2, 0.25) is 0 Å². The van der Waals surface area contributed by atoms with Gasteiger partial charge in [0.25, 0.3) is 23.6 Å². The first-order chi connectivity index (χ1) is 7.58. The minimum Gasteiger partial charge on any atom is -0.289 e. The lowest BCUT2D eigenvalue weighted by Gasteiger charge is -1.80. The number of carbonyl (C=O) groups is 4. The monoisotopic (exact) mass is 226 g/mol. The molecule has 4 amide bonds. The van der Waals surface area contributed by atoms with Crippen molar-refractivity contribution in [1.82, 2.24) is 10.6 Å². The van der Waals surface area contributed by atoms with Crippen LogP contribution >= 0.6 is 0 Å². The van der Waals surface area contributed by atoms with E-state index >= 15 is 0 Å². The molecule has 2 heterocycles. The predicted octanol–water partition coefficient (Wildman–Crippen LogP) is -2.78. The topological polar surface area (TPSA) is 144 Å². The second-order valence-corrected chi connectivity index (χ2v) is 2.37. The van der Waals surface area contributed by atoms with E-state index in [9.17, 15) is 19.2 Å². The average molecular weight is 226 g/mol. The first-order valence-corrected chi connectivity index (χ1v) is 3.97. The summed E-state index contributed by atoms with van der Waals surface area (Å²) in [5.41, 5.74) is 0. The molecule has 0 aromatic rings. The highest BCUT2D eigenvalue weighted by Gasteiger charge is 2.07. The Bertz CT molecular complexity index is 304. The summed E-state index contributed by atoms with van der Waals surface area (Å²) in [5, 5.41) is 4.06. The number of rotatable bonds is 0. The fourth-order valence-corrected chi connectivity index (χ4v) is 0.712. The van der Waals surface area contributed by atoms with Gasteiger partial charge in [-0.15, -0.1) is 0 Å². The second-order valence-electron chi connectivity index (χ2n) is 2.37. The van der Waals surface area contributed by atoms with E-state index in [-0.39, 0.29) is 23.6 Å². The maximum atomic E-state index is 10.0. The smallest absolute Gasteiger partial charge is 0.250 e. The Kier molecular flexibility index (Phi) is 6.02. The van der Waals surface area contributed by atoms with Gasteiger partial charge in [0.15, 0.2) is 0 Å².